The minimum Gasteiger partial charge on any atom is -0.489 e. The Hall–Kier alpha value is -3.60. The quantitative estimate of drug-likeness (QED) is 0.508. The van der Waals surface area contributed by atoms with Crippen LogP contribution >= 0.6 is 0 Å². The lowest BCUT2D eigenvalue weighted by molar-refractivity contribution is -0.00805. The van der Waals surface area contributed by atoms with Crippen LogP contribution in [0.25, 0.3) is 0 Å². The van der Waals surface area contributed by atoms with Gasteiger partial charge in [-0.05, 0) is 86.3 Å². The molecule has 176 valence electrons. The predicted octanol–water partition coefficient (Wildman–Crippen LogP) is 5.51. The van der Waals surface area contributed by atoms with Gasteiger partial charge in [-0.3, -0.25) is 0 Å². The van der Waals surface area contributed by atoms with Crippen molar-refractivity contribution in [3.8, 4) is 23.7 Å². The van der Waals surface area contributed by atoms with Crippen molar-refractivity contribution in [1.29, 1.82) is 5.26 Å². The van der Waals surface area contributed by atoms with Gasteiger partial charge in [0.2, 0.25) is 0 Å². The Bertz CT molecular complexity index is 1320. The van der Waals surface area contributed by atoms with Crippen molar-refractivity contribution in [2.24, 2.45) is 5.92 Å². The van der Waals surface area contributed by atoms with Crippen molar-refractivity contribution < 1.29 is 9.84 Å². The number of aryl methyl sites for hydroxylation is 1. The summed E-state index contributed by atoms with van der Waals surface area (Å²) < 4.78 is 6.10. The molecule has 0 saturated heterocycles. The van der Waals surface area contributed by atoms with E-state index in [2.05, 4.69) is 71.4 Å². The molecule has 0 amide bonds. The van der Waals surface area contributed by atoms with Gasteiger partial charge in [-0.1, -0.05) is 48.4 Å². The Balaban J connectivity index is 1.46. The minimum absolute atomic E-state index is 0.0214. The molecule has 1 saturated carbocycles. The second-order valence-corrected chi connectivity index (χ2v) is 9.90. The van der Waals surface area contributed by atoms with E-state index in [4.69, 9.17) is 4.74 Å². The third kappa shape index (κ3) is 4.55. The van der Waals surface area contributed by atoms with Crippen LogP contribution in [-0.2, 0) is 24.9 Å². The minimum atomic E-state index is -0.887. The first-order valence-corrected chi connectivity index (χ1v) is 12.4. The number of hydrogen-bond donors (Lipinski definition) is 1. The number of pyridine rings is 1. The van der Waals surface area contributed by atoms with E-state index < -0.39 is 5.60 Å². The lowest BCUT2D eigenvalue weighted by Crippen LogP contribution is -2.50. The van der Waals surface area contributed by atoms with Crippen LogP contribution in [0.4, 0.5) is 0 Å². The molecule has 4 heteroatoms. The monoisotopic (exact) mass is 462 g/mol. The summed E-state index contributed by atoms with van der Waals surface area (Å²) in [5.41, 5.74) is 4.33. The van der Waals surface area contributed by atoms with Gasteiger partial charge < -0.3 is 9.84 Å². The van der Waals surface area contributed by atoms with Crippen LogP contribution in [0.15, 0.2) is 66.9 Å². The molecule has 4 nitrogen and oxygen atoms in total. The Morgan fingerprint density at radius 1 is 1.11 bits per heavy atom. The molecule has 3 atom stereocenters. The van der Waals surface area contributed by atoms with Crippen molar-refractivity contribution in [1.82, 2.24) is 4.98 Å². The van der Waals surface area contributed by atoms with Crippen LogP contribution in [-0.4, -0.2) is 15.7 Å². The number of fused-ring (bicyclic) bond motifs is 3. The molecule has 35 heavy (non-hydrogen) atoms. The summed E-state index contributed by atoms with van der Waals surface area (Å²) >= 11 is 0. The van der Waals surface area contributed by atoms with Crippen molar-refractivity contribution in [2.75, 3.05) is 0 Å². The largest absolute Gasteiger partial charge is 0.489 e. The van der Waals surface area contributed by atoms with E-state index in [0.29, 0.717) is 24.6 Å². The molecule has 5 rings (SSSR count). The summed E-state index contributed by atoms with van der Waals surface area (Å²) in [5, 5.41) is 20.5. The predicted molar refractivity (Wildman–Crippen MR) is 136 cm³/mol. The molecule has 0 bridgehead atoms. The summed E-state index contributed by atoms with van der Waals surface area (Å²) in [6.07, 6.45) is 6.89. The SMILES string of the molecule is CC#C[C@@]1(O)CC[C@@]2(Cc3ccccc3)c3ccc(OCc4cccnc4C#N)cc3CC[C@@H]2C1. The Kier molecular flexibility index (Phi) is 6.33. The number of benzene rings is 2. The highest BCUT2D eigenvalue weighted by atomic mass is 16.5. The number of ether oxygens (including phenoxy) is 1. The van der Waals surface area contributed by atoms with Crippen LogP contribution in [0, 0.1) is 29.1 Å². The molecular weight excluding hydrogens is 432 g/mol. The number of hydrogen-bond acceptors (Lipinski definition) is 4. The standard InChI is InChI=1S/C31H30N2O2/c1-2-14-30(34)15-16-31(19-23-7-4-3-5-8-23)26(20-30)11-10-24-18-27(12-13-28(24)31)35-22-25-9-6-17-33-29(25)21-32/h3-9,12-13,17-18,26,34H,10-11,15-16,19-20,22H2,1H3/t26-,30-,31+/m1/s1. The Labute approximate surface area is 207 Å². The van der Waals surface area contributed by atoms with Crippen LogP contribution in [0.1, 0.15) is 60.6 Å². The zero-order valence-electron chi connectivity index (χ0n) is 20.1. The average molecular weight is 463 g/mol. The van der Waals surface area contributed by atoms with Crippen molar-refractivity contribution in [3.05, 3.63) is 94.8 Å². The normalized spacial score (nSPS) is 24.8. The number of aromatic nitrogens is 1. The number of aliphatic hydroxyl groups is 1. The fourth-order valence-electron chi connectivity index (χ4n) is 6.21. The molecule has 2 aliphatic rings. The zero-order chi connectivity index (χ0) is 24.3. The van der Waals surface area contributed by atoms with E-state index >= 15 is 0 Å². The van der Waals surface area contributed by atoms with Gasteiger partial charge in [-0.15, -0.1) is 5.92 Å². The van der Waals surface area contributed by atoms with Crippen molar-refractivity contribution in [3.63, 3.8) is 0 Å². The van der Waals surface area contributed by atoms with Gasteiger partial charge in [0.15, 0.2) is 0 Å². The van der Waals surface area contributed by atoms with Gasteiger partial charge >= 0.3 is 0 Å². The molecule has 1 aromatic heterocycles. The topological polar surface area (TPSA) is 66.1 Å². The highest BCUT2D eigenvalue weighted by Crippen LogP contribution is 2.54. The molecule has 0 spiro atoms. The summed E-state index contributed by atoms with van der Waals surface area (Å²) in [6, 6.07) is 23.0. The highest BCUT2D eigenvalue weighted by molar-refractivity contribution is 5.45. The Morgan fingerprint density at radius 2 is 1.97 bits per heavy atom. The molecule has 0 aliphatic heterocycles. The van der Waals surface area contributed by atoms with Crippen LogP contribution in [0.5, 0.6) is 5.75 Å². The maximum absolute atomic E-state index is 11.2. The average Bonchev–Trinajstić information content (AvgIpc) is 2.88. The van der Waals surface area contributed by atoms with Gasteiger partial charge in [0.25, 0.3) is 0 Å². The molecule has 0 unspecified atom stereocenters. The van der Waals surface area contributed by atoms with E-state index in [1.807, 2.05) is 19.1 Å². The second kappa shape index (κ2) is 9.57. The molecule has 1 N–H and O–H groups in total. The fraction of sp³-hybridized carbons (Fsp3) is 0.355. The molecule has 1 heterocycles. The summed E-state index contributed by atoms with van der Waals surface area (Å²) in [4.78, 5) is 4.13. The fourth-order valence-corrected chi connectivity index (χ4v) is 6.21. The van der Waals surface area contributed by atoms with Crippen molar-refractivity contribution >= 4 is 0 Å². The molecule has 1 fully saturated rings. The van der Waals surface area contributed by atoms with E-state index in [-0.39, 0.29) is 5.41 Å². The zero-order valence-corrected chi connectivity index (χ0v) is 20.1. The van der Waals surface area contributed by atoms with Crippen LogP contribution < -0.4 is 4.74 Å². The van der Waals surface area contributed by atoms with Gasteiger partial charge in [0.1, 0.15) is 29.7 Å². The highest BCUT2D eigenvalue weighted by Gasteiger charge is 2.51. The Morgan fingerprint density at radius 3 is 2.77 bits per heavy atom. The van der Waals surface area contributed by atoms with Gasteiger partial charge in [0.05, 0.1) is 0 Å². The number of nitriles is 1. The third-order valence-electron chi connectivity index (χ3n) is 7.84. The number of nitrogens with zero attached hydrogens (tertiary/aromatic N) is 2. The molecule has 3 aromatic rings. The van der Waals surface area contributed by atoms with Crippen LogP contribution in [0.3, 0.4) is 0 Å². The van der Waals surface area contributed by atoms with E-state index in [1.165, 1.54) is 16.7 Å². The molecular formula is C31H30N2O2. The summed E-state index contributed by atoms with van der Waals surface area (Å²) in [7, 11) is 0. The third-order valence-corrected chi connectivity index (χ3v) is 7.84. The van der Waals surface area contributed by atoms with Gasteiger partial charge in [-0.25, -0.2) is 4.98 Å². The first kappa shape index (κ1) is 23.2. The van der Waals surface area contributed by atoms with E-state index in [9.17, 15) is 10.4 Å². The summed E-state index contributed by atoms with van der Waals surface area (Å²) in [6.45, 7) is 2.13. The maximum atomic E-state index is 11.2. The summed E-state index contributed by atoms with van der Waals surface area (Å²) in [5.74, 6) is 7.25. The van der Waals surface area contributed by atoms with E-state index in [0.717, 1.165) is 43.4 Å². The van der Waals surface area contributed by atoms with Gasteiger partial charge in [-0.2, -0.15) is 5.26 Å². The molecule has 2 aromatic carbocycles. The first-order chi connectivity index (χ1) is 17.0. The van der Waals surface area contributed by atoms with Crippen LogP contribution in [0.2, 0.25) is 0 Å². The smallest absolute Gasteiger partial charge is 0.147 e. The number of rotatable bonds is 5. The lowest BCUT2D eigenvalue weighted by Gasteiger charge is -2.52. The maximum Gasteiger partial charge on any atom is 0.147 e. The van der Waals surface area contributed by atoms with Crippen molar-refractivity contribution in [2.45, 2.75) is 63.1 Å². The second-order valence-electron chi connectivity index (χ2n) is 9.90. The first-order valence-electron chi connectivity index (χ1n) is 12.4. The lowest BCUT2D eigenvalue weighted by atomic mass is 9.52. The van der Waals surface area contributed by atoms with E-state index in [1.54, 1.807) is 6.20 Å². The molecule has 2 aliphatic carbocycles. The molecule has 0 radical (unpaired) electrons. The van der Waals surface area contributed by atoms with Gasteiger partial charge in [0, 0.05) is 17.2 Å².